The number of furan rings is 1. The molecule has 0 aromatic carbocycles. The summed E-state index contributed by atoms with van der Waals surface area (Å²) >= 11 is 0. The molecule has 10 heteroatoms. The fourth-order valence-corrected chi connectivity index (χ4v) is 4.43. The molecule has 0 saturated carbocycles. The van der Waals surface area contributed by atoms with E-state index in [0.717, 1.165) is 42.8 Å². The molecular weight excluding hydrogens is 400 g/mol. The van der Waals surface area contributed by atoms with Gasteiger partial charge >= 0.3 is 0 Å². The number of aromatic nitrogens is 3. The van der Waals surface area contributed by atoms with Crippen molar-refractivity contribution in [2.75, 3.05) is 44.2 Å². The van der Waals surface area contributed by atoms with Gasteiger partial charge in [0, 0.05) is 45.2 Å². The van der Waals surface area contributed by atoms with Crippen LogP contribution < -0.4 is 4.90 Å². The van der Waals surface area contributed by atoms with E-state index in [1.807, 2.05) is 11.8 Å². The number of fused-ring (bicyclic) bond motifs is 1. The molecule has 0 N–H and O–H groups in total. The topological polar surface area (TPSA) is 109 Å². The first kappa shape index (κ1) is 19.5. The number of piperazine rings is 1. The number of amides is 2. The van der Waals surface area contributed by atoms with Crippen LogP contribution >= 0.6 is 0 Å². The van der Waals surface area contributed by atoms with Crippen LogP contribution in [0.1, 0.15) is 29.1 Å². The summed E-state index contributed by atoms with van der Waals surface area (Å²) in [6, 6.07) is 3.37. The van der Waals surface area contributed by atoms with E-state index in [-0.39, 0.29) is 17.7 Å². The standard InChI is InChI=1S/C21H24N6O4/c1-14-17-18(22-13-23-19(17)31-24-14)25-6-4-15(5-7-25)20(28)26-8-10-27(11-9-26)21(29)16-3-2-12-30-16/h2-3,12-13,15H,4-11H2,1H3. The van der Waals surface area contributed by atoms with Gasteiger partial charge in [0.1, 0.15) is 17.5 Å². The predicted octanol–water partition coefficient (Wildman–Crippen LogP) is 1.72. The summed E-state index contributed by atoms with van der Waals surface area (Å²) in [6.07, 6.45) is 4.51. The van der Waals surface area contributed by atoms with E-state index < -0.39 is 0 Å². The Labute approximate surface area is 178 Å². The predicted molar refractivity (Wildman–Crippen MR) is 110 cm³/mol. The number of carbonyl (C=O) groups excluding carboxylic acids is 2. The molecule has 0 spiro atoms. The van der Waals surface area contributed by atoms with E-state index in [4.69, 9.17) is 8.94 Å². The molecule has 2 amide bonds. The minimum Gasteiger partial charge on any atom is -0.459 e. The molecule has 0 bridgehead atoms. The van der Waals surface area contributed by atoms with Gasteiger partial charge in [-0.15, -0.1) is 0 Å². The number of carbonyl (C=O) groups is 2. The molecule has 3 aromatic heterocycles. The van der Waals surface area contributed by atoms with Gasteiger partial charge in [0.05, 0.1) is 12.0 Å². The van der Waals surface area contributed by atoms with Crippen molar-refractivity contribution < 1.29 is 18.5 Å². The maximum absolute atomic E-state index is 13.1. The molecule has 2 aliphatic rings. The number of anilines is 1. The fourth-order valence-electron chi connectivity index (χ4n) is 4.43. The van der Waals surface area contributed by atoms with Gasteiger partial charge in [-0.05, 0) is 31.9 Å². The van der Waals surface area contributed by atoms with E-state index in [1.54, 1.807) is 17.0 Å². The fraction of sp³-hybridized carbons (Fsp3) is 0.476. The van der Waals surface area contributed by atoms with Crippen molar-refractivity contribution in [2.45, 2.75) is 19.8 Å². The van der Waals surface area contributed by atoms with Crippen LogP contribution in [0.5, 0.6) is 0 Å². The average molecular weight is 424 g/mol. The summed E-state index contributed by atoms with van der Waals surface area (Å²) in [5, 5.41) is 4.83. The first-order valence-electron chi connectivity index (χ1n) is 10.6. The summed E-state index contributed by atoms with van der Waals surface area (Å²) in [4.78, 5) is 39.9. The molecule has 3 aromatic rings. The lowest BCUT2D eigenvalue weighted by atomic mass is 9.94. The quantitative estimate of drug-likeness (QED) is 0.625. The number of hydrogen-bond donors (Lipinski definition) is 0. The molecule has 0 aliphatic carbocycles. The molecule has 2 aliphatic heterocycles. The van der Waals surface area contributed by atoms with Crippen molar-refractivity contribution in [3.8, 4) is 0 Å². The highest BCUT2D eigenvalue weighted by Crippen LogP contribution is 2.30. The molecule has 0 atom stereocenters. The van der Waals surface area contributed by atoms with Crippen LogP contribution in [-0.2, 0) is 4.79 Å². The first-order valence-corrected chi connectivity index (χ1v) is 10.6. The maximum Gasteiger partial charge on any atom is 0.289 e. The second-order valence-electron chi connectivity index (χ2n) is 8.00. The minimum atomic E-state index is -0.120. The lowest BCUT2D eigenvalue weighted by molar-refractivity contribution is -0.137. The van der Waals surface area contributed by atoms with E-state index in [1.165, 1.54) is 12.6 Å². The van der Waals surface area contributed by atoms with Crippen molar-refractivity contribution >= 4 is 28.7 Å². The van der Waals surface area contributed by atoms with E-state index in [2.05, 4.69) is 20.0 Å². The van der Waals surface area contributed by atoms with Crippen molar-refractivity contribution in [1.29, 1.82) is 0 Å². The van der Waals surface area contributed by atoms with Crippen LogP contribution in [0.4, 0.5) is 5.82 Å². The highest BCUT2D eigenvalue weighted by Gasteiger charge is 2.33. The molecule has 5 heterocycles. The van der Waals surface area contributed by atoms with Crippen LogP contribution in [0.3, 0.4) is 0 Å². The Bertz CT molecular complexity index is 1080. The molecule has 5 rings (SSSR count). The van der Waals surface area contributed by atoms with Gasteiger partial charge in [-0.1, -0.05) is 5.16 Å². The summed E-state index contributed by atoms with van der Waals surface area (Å²) in [5.74, 6) is 1.21. The second kappa shape index (κ2) is 8.01. The smallest absolute Gasteiger partial charge is 0.289 e. The van der Waals surface area contributed by atoms with Crippen molar-refractivity contribution in [1.82, 2.24) is 24.9 Å². The number of piperidine rings is 1. The van der Waals surface area contributed by atoms with Gasteiger partial charge < -0.3 is 23.6 Å². The summed E-state index contributed by atoms with van der Waals surface area (Å²) in [6.45, 7) is 5.51. The Balaban J connectivity index is 1.17. The number of rotatable bonds is 3. The molecule has 2 fully saturated rings. The van der Waals surface area contributed by atoms with Gasteiger partial charge in [-0.25, -0.2) is 4.98 Å². The first-order chi connectivity index (χ1) is 15.1. The Morgan fingerprint density at radius 3 is 2.48 bits per heavy atom. The zero-order valence-corrected chi connectivity index (χ0v) is 17.4. The van der Waals surface area contributed by atoms with Crippen LogP contribution in [-0.4, -0.2) is 76.0 Å². The Hall–Kier alpha value is -3.43. The van der Waals surface area contributed by atoms with Gasteiger partial charge in [-0.3, -0.25) is 9.59 Å². The second-order valence-corrected chi connectivity index (χ2v) is 8.00. The van der Waals surface area contributed by atoms with E-state index in [9.17, 15) is 9.59 Å². The molecular formula is C21H24N6O4. The van der Waals surface area contributed by atoms with Crippen molar-refractivity contribution in [3.05, 3.63) is 36.2 Å². The number of aryl methyl sites for hydroxylation is 1. The van der Waals surface area contributed by atoms with Crippen molar-refractivity contribution in [2.24, 2.45) is 5.92 Å². The van der Waals surface area contributed by atoms with Crippen molar-refractivity contribution in [3.63, 3.8) is 0 Å². The van der Waals surface area contributed by atoms with Gasteiger partial charge in [-0.2, -0.15) is 4.98 Å². The average Bonchev–Trinajstić information content (AvgIpc) is 3.49. The molecule has 10 nitrogen and oxygen atoms in total. The summed E-state index contributed by atoms with van der Waals surface area (Å²) in [5.41, 5.74) is 1.26. The minimum absolute atomic E-state index is 0.00975. The normalized spacial score (nSPS) is 18.0. The molecule has 31 heavy (non-hydrogen) atoms. The third kappa shape index (κ3) is 3.62. The van der Waals surface area contributed by atoms with E-state index >= 15 is 0 Å². The molecule has 0 unspecified atom stereocenters. The number of nitrogens with zero attached hydrogens (tertiary/aromatic N) is 6. The van der Waals surface area contributed by atoms with Gasteiger partial charge in [0.25, 0.3) is 11.6 Å². The molecule has 162 valence electrons. The van der Waals surface area contributed by atoms with Crippen LogP contribution in [0.2, 0.25) is 0 Å². The third-order valence-electron chi connectivity index (χ3n) is 6.18. The third-order valence-corrected chi connectivity index (χ3v) is 6.18. The lowest BCUT2D eigenvalue weighted by Gasteiger charge is -2.38. The zero-order chi connectivity index (χ0) is 21.4. The Morgan fingerprint density at radius 1 is 1.03 bits per heavy atom. The maximum atomic E-state index is 13.1. The Kier molecular flexibility index (Phi) is 5.05. The van der Waals surface area contributed by atoms with Crippen LogP contribution in [0, 0.1) is 12.8 Å². The summed E-state index contributed by atoms with van der Waals surface area (Å²) in [7, 11) is 0. The zero-order valence-electron chi connectivity index (χ0n) is 17.4. The SMILES string of the molecule is Cc1noc2ncnc(N3CCC(C(=O)N4CCN(C(=O)c5ccco5)CC4)CC3)c12. The highest BCUT2D eigenvalue weighted by atomic mass is 16.5. The summed E-state index contributed by atoms with van der Waals surface area (Å²) < 4.78 is 10.4. The Morgan fingerprint density at radius 2 is 1.77 bits per heavy atom. The van der Waals surface area contributed by atoms with Crippen LogP contribution in [0.25, 0.3) is 11.1 Å². The van der Waals surface area contributed by atoms with E-state index in [0.29, 0.717) is 37.7 Å². The molecule has 0 radical (unpaired) electrons. The lowest BCUT2D eigenvalue weighted by Crippen LogP contribution is -2.53. The largest absolute Gasteiger partial charge is 0.459 e. The van der Waals surface area contributed by atoms with Gasteiger partial charge in [0.2, 0.25) is 5.91 Å². The number of hydrogen-bond acceptors (Lipinski definition) is 8. The monoisotopic (exact) mass is 424 g/mol. The highest BCUT2D eigenvalue weighted by molar-refractivity contribution is 5.91. The van der Waals surface area contributed by atoms with Gasteiger partial charge in [0.15, 0.2) is 5.76 Å². The molecule has 2 saturated heterocycles. The van der Waals surface area contributed by atoms with Crippen LogP contribution in [0.15, 0.2) is 33.7 Å².